The van der Waals surface area contributed by atoms with Crippen LogP contribution in [0.4, 0.5) is 0 Å². The van der Waals surface area contributed by atoms with Gasteiger partial charge in [-0.05, 0) is 67.5 Å². The normalized spacial score (nSPS) is 18.8. The highest BCUT2D eigenvalue weighted by Gasteiger charge is 2.20. The second kappa shape index (κ2) is 13.5. The molecule has 3 heteroatoms. The van der Waals surface area contributed by atoms with Gasteiger partial charge in [0.1, 0.15) is 5.75 Å². The Hall–Kier alpha value is -1.90. The lowest BCUT2D eigenvalue weighted by Crippen LogP contribution is -2.15. The van der Waals surface area contributed by atoms with Gasteiger partial charge in [-0.3, -0.25) is 0 Å². The molecule has 0 unspecified atom stereocenters. The maximum atomic E-state index is 5.87. The molecule has 0 bridgehead atoms. The smallest absolute Gasteiger partial charge is 0.119 e. The van der Waals surface area contributed by atoms with Crippen molar-refractivity contribution in [3.8, 4) is 17.0 Å². The van der Waals surface area contributed by atoms with Crippen molar-refractivity contribution in [2.24, 2.45) is 11.8 Å². The summed E-state index contributed by atoms with van der Waals surface area (Å²) < 4.78 is 5.87. The van der Waals surface area contributed by atoms with Gasteiger partial charge < -0.3 is 4.74 Å². The van der Waals surface area contributed by atoms with Crippen molar-refractivity contribution in [2.45, 2.75) is 97.3 Å². The number of ether oxygens (including phenoxy) is 1. The van der Waals surface area contributed by atoms with E-state index in [0.29, 0.717) is 0 Å². The van der Waals surface area contributed by atoms with Gasteiger partial charge in [-0.2, -0.15) is 10.2 Å². The summed E-state index contributed by atoms with van der Waals surface area (Å²) in [6.45, 7) is 5.36. The minimum Gasteiger partial charge on any atom is -0.494 e. The molecule has 0 amide bonds. The van der Waals surface area contributed by atoms with Crippen LogP contribution >= 0.6 is 0 Å². The van der Waals surface area contributed by atoms with E-state index in [9.17, 15) is 0 Å². The molecule has 1 saturated carbocycles. The van der Waals surface area contributed by atoms with E-state index < -0.39 is 0 Å². The van der Waals surface area contributed by atoms with Gasteiger partial charge in [0.25, 0.3) is 0 Å². The SMILES string of the molecule is CCCCCCCOc1ccc(-c2ccc(CCC3CCC(CCC)CC3)nn2)cc1. The summed E-state index contributed by atoms with van der Waals surface area (Å²) in [7, 11) is 0. The molecule has 0 atom stereocenters. The summed E-state index contributed by atoms with van der Waals surface area (Å²) in [5.41, 5.74) is 3.17. The molecule has 1 fully saturated rings. The number of unbranched alkanes of at least 4 members (excludes halogenated alkanes) is 4. The van der Waals surface area contributed by atoms with E-state index in [1.807, 2.05) is 12.1 Å². The second-order valence-electron chi connectivity index (χ2n) is 9.41. The monoisotopic (exact) mass is 422 g/mol. The van der Waals surface area contributed by atoms with Crippen LogP contribution in [0.25, 0.3) is 11.3 Å². The minimum atomic E-state index is 0.803. The van der Waals surface area contributed by atoms with Gasteiger partial charge in [-0.1, -0.05) is 78.1 Å². The molecule has 0 radical (unpaired) electrons. The molecule has 0 saturated heterocycles. The number of rotatable bonds is 13. The highest BCUT2D eigenvalue weighted by molar-refractivity contribution is 5.59. The standard InChI is InChI=1S/C28H42N2O/c1-3-5-6-7-8-22-31-27-19-15-25(16-20-27)28-21-18-26(29-30-28)17-14-24-12-10-23(9-4-2)11-13-24/h15-16,18-21,23-24H,3-14,17,22H2,1-2H3. The molecule has 1 aliphatic carbocycles. The predicted molar refractivity (Wildman–Crippen MR) is 130 cm³/mol. The van der Waals surface area contributed by atoms with Crippen LogP contribution in [0.1, 0.15) is 96.6 Å². The van der Waals surface area contributed by atoms with Crippen molar-refractivity contribution in [3.05, 3.63) is 42.1 Å². The van der Waals surface area contributed by atoms with E-state index >= 15 is 0 Å². The number of aromatic nitrogens is 2. The first kappa shape index (κ1) is 23.8. The van der Waals surface area contributed by atoms with E-state index in [1.54, 1.807) is 0 Å². The zero-order chi connectivity index (χ0) is 21.7. The summed E-state index contributed by atoms with van der Waals surface area (Å²) in [6.07, 6.45) is 17.1. The van der Waals surface area contributed by atoms with E-state index in [0.717, 1.165) is 54.0 Å². The Morgan fingerprint density at radius 1 is 0.742 bits per heavy atom. The van der Waals surface area contributed by atoms with Crippen LogP contribution in [0, 0.1) is 11.8 Å². The van der Waals surface area contributed by atoms with Crippen molar-refractivity contribution in [1.82, 2.24) is 10.2 Å². The molecule has 3 nitrogen and oxygen atoms in total. The van der Waals surface area contributed by atoms with E-state index in [2.05, 4.69) is 48.3 Å². The van der Waals surface area contributed by atoms with Gasteiger partial charge in [-0.15, -0.1) is 0 Å². The quantitative estimate of drug-likeness (QED) is 0.306. The third kappa shape index (κ3) is 8.27. The van der Waals surface area contributed by atoms with Crippen LogP contribution in [0.15, 0.2) is 36.4 Å². The molecule has 1 heterocycles. The zero-order valence-corrected chi connectivity index (χ0v) is 19.8. The van der Waals surface area contributed by atoms with E-state index in [-0.39, 0.29) is 0 Å². The lowest BCUT2D eigenvalue weighted by molar-refractivity contribution is 0.252. The Balaban J connectivity index is 1.39. The minimum absolute atomic E-state index is 0.803. The number of nitrogens with zero attached hydrogens (tertiary/aromatic N) is 2. The average Bonchev–Trinajstić information content (AvgIpc) is 2.82. The number of benzene rings is 1. The van der Waals surface area contributed by atoms with Gasteiger partial charge in [0.15, 0.2) is 0 Å². The third-order valence-corrected chi connectivity index (χ3v) is 6.86. The fourth-order valence-electron chi connectivity index (χ4n) is 4.83. The fraction of sp³-hybridized carbons (Fsp3) is 0.643. The van der Waals surface area contributed by atoms with Gasteiger partial charge >= 0.3 is 0 Å². The van der Waals surface area contributed by atoms with Crippen LogP contribution in [0.5, 0.6) is 5.75 Å². The molecule has 3 rings (SSSR count). The molecule has 31 heavy (non-hydrogen) atoms. The highest BCUT2D eigenvalue weighted by Crippen LogP contribution is 2.33. The molecule has 1 aromatic carbocycles. The molecule has 0 spiro atoms. The van der Waals surface area contributed by atoms with Crippen LogP contribution in [-0.2, 0) is 6.42 Å². The van der Waals surface area contributed by atoms with Crippen LogP contribution in [0.2, 0.25) is 0 Å². The first-order valence-electron chi connectivity index (χ1n) is 12.8. The summed E-state index contributed by atoms with van der Waals surface area (Å²) in [4.78, 5) is 0. The number of hydrogen-bond donors (Lipinski definition) is 0. The molecule has 1 aliphatic rings. The third-order valence-electron chi connectivity index (χ3n) is 6.86. The highest BCUT2D eigenvalue weighted by atomic mass is 16.5. The molecule has 2 aromatic rings. The molecule has 0 aliphatic heterocycles. The first-order chi connectivity index (χ1) is 15.3. The summed E-state index contributed by atoms with van der Waals surface area (Å²) >= 11 is 0. The van der Waals surface area contributed by atoms with Crippen LogP contribution in [-0.4, -0.2) is 16.8 Å². The maximum absolute atomic E-state index is 5.87. The van der Waals surface area contributed by atoms with Gasteiger partial charge in [0.2, 0.25) is 0 Å². The number of hydrogen-bond acceptors (Lipinski definition) is 3. The summed E-state index contributed by atoms with van der Waals surface area (Å²) in [5.74, 6) is 2.81. The van der Waals surface area contributed by atoms with Crippen molar-refractivity contribution < 1.29 is 4.74 Å². The van der Waals surface area contributed by atoms with Crippen molar-refractivity contribution >= 4 is 0 Å². The van der Waals surface area contributed by atoms with Gasteiger partial charge in [-0.25, -0.2) is 0 Å². The van der Waals surface area contributed by atoms with Gasteiger partial charge in [0.05, 0.1) is 18.0 Å². The maximum Gasteiger partial charge on any atom is 0.119 e. The average molecular weight is 423 g/mol. The fourth-order valence-corrected chi connectivity index (χ4v) is 4.83. The van der Waals surface area contributed by atoms with Crippen molar-refractivity contribution in [2.75, 3.05) is 6.61 Å². The Kier molecular flexibility index (Phi) is 10.3. The van der Waals surface area contributed by atoms with Crippen LogP contribution < -0.4 is 4.74 Å². The molecular weight excluding hydrogens is 380 g/mol. The van der Waals surface area contributed by atoms with Crippen molar-refractivity contribution in [1.29, 1.82) is 0 Å². The lowest BCUT2D eigenvalue weighted by atomic mass is 9.78. The lowest BCUT2D eigenvalue weighted by Gasteiger charge is -2.28. The molecule has 1 aromatic heterocycles. The van der Waals surface area contributed by atoms with E-state index in [1.165, 1.54) is 70.6 Å². The van der Waals surface area contributed by atoms with Crippen LogP contribution in [0.3, 0.4) is 0 Å². The predicted octanol–water partition coefficient (Wildman–Crippen LogP) is 8.03. The molecule has 0 N–H and O–H groups in total. The summed E-state index contributed by atoms with van der Waals surface area (Å²) in [6, 6.07) is 12.5. The first-order valence-corrected chi connectivity index (χ1v) is 12.8. The van der Waals surface area contributed by atoms with E-state index in [4.69, 9.17) is 4.74 Å². The largest absolute Gasteiger partial charge is 0.494 e. The second-order valence-corrected chi connectivity index (χ2v) is 9.41. The zero-order valence-electron chi connectivity index (χ0n) is 19.8. The Morgan fingerprint density at radius 2 is 1.45 bits per heavy atom. The van der Waals surface area contributed by atoms with Gasteiger partial charge in [0, 0.05) is 5.56 Å². The topological polar surface area (TPSA) is 35.0 Å². The summed E-state index contributed by atoms with van der Waals surface area (Å²) in [5, 5.41) is 9.00. The number of aryl methyl sites for hydroxylation is 1. The molecular formula is C28H42N2O. The Morgan fingerprint density at radius 3 is 2.10 bits per heavy atom. The van der Waals surface area contributed by atoms with Crippen molar-refractivity contribution in [3.63, 3.8) is 0 Å². The Labute approximate surface area is 190 Å². The Bertz CT molecular complexity index is 718. The molecule has 170 valence electrons.